The summed E-state index contributed by atoms with van der Waals surface area (Å²) in [6.07, 6.45) is 8.67. The van der Waals surface area contributed by atoms with Crippen LogP contribution in [0.3, 0.4) is 0 Å². The lowest BCUT2D eigenvalue weighted by Crippen LogP contribution is -2.34. The van der Waals surface area contributed by atoms with Crippen LogP contribution in [0.5, 0.6) is 0 Å². The fourth-order valence-electron chi connectivity index (χ4n) is 2.65. The molecule has 0 aromatic heterocycles. The van der Waals surface area contributed by atoms with Gasteiger partial charge < -0.3 is 10.2 Å². The zero-order chi connectivity index (χ0) is 9.97. The minimum atomic E-state index is -0.444. The summed E-state index contributed by atoms with van der Waals surface area (Å²) in [5.41, 5.74) is 0. The van der Waals surface area contributed by atoms with E-state index in [1.165, 1.54) is 25.7 Å². The third kappa shape index (κ3) is 2.48. The first-order valence-corrected chi connectivity index (χ1v) is 6.15. The minimum absolute atomic E-state index is 0.369. The Hall–Kier alpha value is -0.0800. The molecule has 2 saturated carbocycles. The molecule has 0 radical (unpaired) electrons. The van der Waals surface area contributed by atoms with Crippen molar-refractivity contribution in [1.29, 1.82) is 0 Å². The molecule has 2 nitrogen and oxygen atoms in total. The summed E-state index contributed by atoms with van der Waals surface area (Å²) in [6, 6.07) is 0. The van der Waals surface area contributed by atoms with E-state index in [1.807, 2.05) is 0 Å². The maximum atomic E-state index is 10.0. The summed E-state index contributed by atoms with van der Waals surface area (Å²) >= 11 is 0. The normalized spacial score (nSPS) is 29.6. The molecule has 2 unspecified atom stereocenters. The Morgan fingerprint density at radius 3 is 1.50 bits per heavy atom. The Kier molecular flexibility index (Phi) is 3.45. The zero-order valence-corrected chi connectivity index (χ0v) is 8.86. The molecule has 2 rings (SSSR count). The monoisotopic (exact) mass is 198 g/mol. The van der Waals surface area contributed by atoms with E-state index in [0.29, 0.717) is 11.8 Å². The van der Waals surface area contributed by atoms with Crippen LogP contribution < -0.4 is 0 Å². The molecule has 2 fully saturated rings. The highest BCUT2D eigenvalue weighted by Gasteiger charge is 2.37. The Morgan fingerprint density at radius 1 is 0.643 bits per heavy atom. The van der Waals surface area contributed by atoms with Crippen LogP contribution in [-0.2, 0) is 0 Å². The second-order valence-corrected chi connectivity index (χ2v) is 5.07. The molecule has 0 spiro atoms. The van der Waals surface area contributed by atoms with E-state index in [0.717, 1.165) is 25.7 Å². The van der Waals surface area contributed by atoms with Gasteiger partial charge in [-0.05, 0) is 37.5 Å². The van der Waals surface area contributed by atoms with Crippen molar-refractivity contribution in [3.8, 4) is 0 Å². The third-order valence-corrected chi connectivity index (χ3v) is 3.84. The van der Waals surface area contributed by atoms with Gasteiger partial charge in [-0.15, -0.1) is 0 Å². The van der Waals surface area contributed by atoms with Gasteiger partial charge in [0.2, 0.25) is 0 Å². The molecule has 0 aliphatic heterocycles. The first kappa shape index (κ1) is 10.4. The van der Waals surface area contributed by atoms with E-state index < -0.39 is 12.2 Å². The molecule has 2 heteroatoms. The van der Waals surface area contributed by atoms with Crippen LogP contribution in [0.4, 0.5) is 0 Å². The average molecular weight is 198 g/mol. The third-order valence-electron chi connectivity index (χ3n) is 3.84. The molecular weight excluding hydrogens is 176 g/mol. The zero-order valence-electron chi connectivity index (χ0n) is 8.86. The maximum Gasteiger partial charge on any atom is 0.0829 e. The summed E-state index contributed by atoms with van der Waals surface area (Å²) in [4.78, 5) is 0. The Balaban J connectivity index is 1.84. The topological polar surface area (TPSA) is 40.5 Å². The molecule has 0 aromatic carbocycles. The summed E-state index contributed by atoms with van der Waals surface area (Å²) in [5.74, 6) is 0.779. The maximum absolute atomic E-state index is 10.0. The van der Waals surface area contributed by atoms with Gasteiger partial charge >= 0.3 is 0 Å². The molecule has 2 atom stereocenters. The smallest absolute Gasteiger partial charge is 0.0829 e. The average Bonchev–Trinajstić information content (AvgIpc) is 3.02. The minimum Gasteiger partial charge on any atom is -0.390 e. The molecule has 0 bridgehead atoms. The van der Waals surface area contributed by atoms with Crippen LogP contribution in [0.15, 0.2) is 0 Å². The lowest BCUT2D eigenvalue weighted by atomic mass is 9.89. The molecule has 2 N–H and O–H groups in total. The molecule has 0 heterocycles. The molecule has 0 amide bonds. The first-order chi connectivity index (χ1) is 6.79. The van der Waals surface area contributed by atoms with Crippen LogP contribution in [-0.4, -0.2) is 22.4 Å². The van der Waals surface area contributed by atoms with Crippen LogP contribution in [0, 0.1) is 11.8 Å². The molecule has 82 valence electrons. The van der Waals surface area contributed by atoms with Gasteiger partial charge in [0.05, 0.1) is 12.2 Å². The van der Waals surface area contributed by atoms with Gasteiger partial charge in [-0.3, -0.25) is 0 Å². The molecule has 0 saturated heterocycles. The standard InChI is InChI=1S/C12H22O2/c13-11(12(14)10-7-8-10)9-5-3-1-2-4-6-9/h9-14H,1-8H2. The van der Waals surface area contributed by atoms with E-state index in [-0.39, 0.29) is 0 Å². The number of aliphatic hydroxyl groups excluding tert-OH is 2. The summed E-state index contributed by atoms with van der Waals surface area (Å²) in [7, 11) is 0. The van der Waals surface area contributed by atoms with Crippen molar-refractivity contribution >= 4 is 0 Å². The van der Waals surface area contributed by atoms with E-state index in [2.05, 4.69) is 0 Å². The lowest BCUT2D eigenvalue weighted by Gasteiger charge is -2.25. The van der Waals surface area contributed by atoms with Crippen molar-refractivity contribution in [2.45, 2.75) is 63.6 Å². The first-order valence-electron chi connectivity index (χ1n) is 6.15. The molecular formula is C12H22O2. The molecule has 2 aliphatic rings. The second kappa shape index (κ2) is 4.63. The molecule has 14 heavy (non-hydrogen) atoms. The van der Waals surface area contributed by atoms with Crippen LogP contribution >= 0.6 is 0 Å². The van der Waals surface area contributed by atoms with E-state index in [4.69, 9.17) is 0 Å². The van der Waals surface area contributed by atoms with Gasteiger partial charge in [-0.1, -0.05) is 25.7 Å². The van der Waals surface area contributed by atoms with Crippen LogP contribution in [0.1, 0.15) is 51.4 Å². The van der Waals surface area contributed by atoms with Crippen molar-refractivity contribution in [1.82, 2.24) is 0 Å². The van der Waals surface area contributed by atoms with Crippen molar-refractivity contribution in [2.24, 2.45) is 11.8 Å². The highest BCUT2D eigenvalue weighted by Crippen LogP contribution is 2.37. The lowest BCUT2D eigenvalue weighted by molar-refractivity contribution is -0.0321. The highest BCUT2D eigenvalue weighted by atomic mass is 16.3. The van der Waals surface area contributed by atoms with E-state index >= 15 is 0 Å². The van der Waals surface area contributed by atoms with Gasteiger partial charge in [-0.25, -0.2) is 0 Å². The van der Waals surface area contributed by atoms with Crippen LogP contribution in [0.25, 0.3) is 0 Å². The largest absolute Gasteiger partial charge is 0.390 e. The number of hydrogen-bond donors (Lipinski definition) is 2. The van der Waals surface area contributed by atoms with Crippen molar-refractivity contribution in [3.05, 3.63) is 0 Å². The molecule has 0 aromatic rings. The summed E-state index contributed by atoms with van der Waals surface area (Å²) in [6.45, 7) is 0. The van der Waals surface area contributed by atoms with E-state index in [9.17, 15) is 10.2 Å². The Labute approximate surface area is 86.3 Å². The second-order valence-electron chi connectivity index (χ2n) is 5.07. The quantitative estimate of drug-likeness (QED) is 0.682. The highest BCUT2D eigenvalue weighted by molar-refractivity contribution is 4.88. The van der Waals surface area contributed by atoms with Gasteiger partial charge in [0.15, 0.2) is 0 Å². The predicted molar refractivity (Wildman–Crippen MR) is 55.9 cm³/mol. The van der Waals surface area contributed by atoms with E-state index in [1.54, 1.807) is 0 Å². The van der Waals surface area contributed by atoms with Gasteiger partial charge in [0.1, 0.15) is 0 Å². The Morgan fingerprint density at radius 2 is 1.07 bits per heavy atom. The Bertz CT molecular complexity index is 169. The molecule has 2 aliphatic carbocycles. The van der Waals surface area contributed by atoms with Gasteiger partial charge in [0.25, 0.3) is 0 Å². The fraction of sp³-hybridized carbons (Fsp3) is 1.00. The number of rotatable bonds is 3. The van der Waals surface area contributed by atoms with Crippen molar-refractivity contribution in [3.63, 3.8) is 0 Å². The summed E-state index contributed by atoms with van der Waals surface area (Å²) in [5, 5.41) is 19.9. The SMILES string of the molecule is OC(C1CCCCCC1)C(O)C1CC1. The summed E-state index contributed by atoms with van der Waals surface area (Å²) < 4.78 is 0. The fourth-order valence-corrected chi connectivity index (χ4v) is 2.65. The van der Waals surface area contributed by atoms with Crippen LogP contribution in [0.2, 0.25) is 0 Å². The predicted octanol–water partition coefficient (Wildman–Crippen LogP) is 2.09. The van der Waals surface area contributed by atoms with Crippen molar-refractivity contribution in [2.75, 3.05) is 0 Å². The van der Waals surface area contributed by atoms with Crippen molar-refractivity contribution < 1.29 is 10.2 Å². The number of hydrogen-bond acceptors (Lipinski definition) is 2. The van der Waals surface area contributed by atoms with Gasteiger partial charge in [0, 0.05) is 0 Å². The van der Waals surface area contributed by atoms with Gasteiger partial charge in [-0.2, -0.15) is 0 Å². The number of aliphatic hydroxyl groups is 2.